The quantitative estimate of drug-likeness (QED) is 0.412. The second-order valence-corrected chi connectivity index (χ2v) is 3.31. The molecule has 0 amide bonds. The van der Waals surface area contributed by atoms with Crippen LogP contribution in [0.4, 0.5) is 0 Å². The van der Waals surface area contributed by atoms with Crippen LogP contribution in [0, 0.1) is 0 Å². The van der Waals surface area contributed by atoms with Gasteiger partial charge in [0.25, 0.3) is 0 Å². The zero-order valence-electron chi connectivity index (χ0n) is 9.10. The van der Waals surface area contributed by atoms with Crippen molar-refractivity contribution in [2.75, 3.05) is 39.6 Å². The SMILES string of the molecule is OCCCCCOCC(O)COCCO. The zero-order chi connectivity index (χ0) is 11.4. The van der Waals surface area contributed by atoms with E-state index in [9.17, 15) is 5.11 Å². The average molecular weight is 222 g/mol. The van der Waals surface area contributed by atoms with Gasteiger partial charge >= 0.3 is 0 Å². The van der Waals surface area contributed by atoms with Crippen LogP contribution in [0.2, 0.25) is 0 Å². The van der Waals surface area contributed by atoms with Crippen LogP contribution in [0.25, 0.3) is 0 Å². The summed E-state index contributed by atoms with van der Waals surface area (Å²) in [6.07, 6.45) is 2.00. The molecule has 0 bridgehead atoms. The predicted octanol–water partition coefficient (Wildman–Crippen LogP) is -0.465. The molecule has 15 heavy (non-hydrogen) atoms. The van der Waals surface area contributed by atoms with Gasteiger partial charge in [-0.15, -0.1) is 0 Å². The number of aliphatic hydroxyl groups excluding tert-OH is 3. The van der Waals surface area contributed by atoms with Crippen LogP contribution in [0.3, 0.4) is 0 Å². The van der Waals surface area contributed by atoms with Crippen LogP contribution in [0.1, 0.15) is 19.3 Å². The highest BCUT2D eigenvalue weighted by Gasteiger charge is 2.03. The van der Waals surface area contributed by atoms with E-state index >= 15 is 0 Å². The van der Waals surface area contributed by atoms with Crippen LogP contribution in [-0.4, -0.2) is 61.1 Å². The smallest absolute Gasteiger partial charge is 0.101 e. The van der Waals surface area contributed by atoms with Crippen molar-refractivity contribution in [3.8, 4) is 0 Å². The van der Waals surface area contributed by atoms with Gasteiger partial charge < -0.3 is 24.8 Å². The third kappa shape index (κ3) is 11.7. The van der Waals surface area contributed by atoms with Gasteiger partial charge in [0, 0.05) is 13.2 Å². The normalized spacial score (nSPS) is 13.0. The second kappa shape index (κ2) is 11.9. The molecule has 0 aliphatic rings. The fourth-order valence-corrected chi connectivity index (χ4v) is 1.04. The first-order valence-electron chi connectivity index (χ1n) is 5.36. The summed E-state index contributed by atoms with van der Waals surface area (Å²) < 4.78 is 10.1. The Labute approximate surface area is 90.6 Å². The lowest BCUT2D eigenvalue weighted by Crippen LogP contribution is -2.22. The number of hydrogen-bond acceptors (Lipinski definition) is 5. The predicted molar refractivity (Wildman–Crippen MR) is 55.7 cm³/mol. The fourth-order valence-electron chi connectivity index (χ4n) is 1.04. The lowest BCUT2D eigenvalue weighted by molar-refractivity contribution is -0.0257. The molecule has 0 rings (SSSR count). The lowest BCUT2D eigenvalue weighted by atomic mass is 10.2. The highest BCUT2D eigenvalue weighted by molar-refractivity contribution is 4.51. The maximum atomic E-state index is 9.31. The van der Waals surface area contributed by atoms with Gasteiger partial charge in [0.1, 0.15) is 6.10 Å². The highest BCUT2D eigenvalue weighted by atomic mass is 16.5. The van der Waals surface area contributed by atoms with Crippen molar-refractivity contribution in [1.29, 1.82) is 0 Å². The number of aliphatic hydroxyl groups is 3. The Kier molecular flexibility index (Phi) is 11.7. The molecule has 1 atom stereocenters. The van der Waals surface area contributed by atoms with Crippen LogP contribution < -0.4 is 0 Å². The topological polar surface area (TPSA) is 79.2 Å². The third-order valence-corrected chi connectivity index (χ3v) is 1.80. The van der Waals surface area contributed by atoms with Crippen molar-refractivity contribution in [2.45, 2.75) is 25.4 Å². The standard InChI is InChI=1S/C10H22O5/c11-4-2-1-3-6-14-8-10(13)9-15-7-5-12/h10-13H,1-9H2. The van der Waals surface area contributed by atoms with Crippen molar-refractivity contribution in [3.05, 3.63) is 0 Å². The molecule has 5 heteroatoms. The van der Waals surface area contributed by atoms with Gasteiger partial charge in [-0.25, -0.2) is 0 Å². The fraction of sp³-hybridized carbons (Fsp3) is 1.00. The van der Waals surface area contributed by atoms with Crippen molar-refractivity contribution in [2.24, 2.45) is 0 Å². The van der Waals surface area contributed by atoms with Crippen molar-refractivity contribution >= 4 is 0 Å². The summed E-state index contributed by atoms with van der Waals surface area (Å²) in [6.45, 7) is 1.47. The van der Waals surface area contributed by atoms with Gasteiger partial charge in [0.2, 0.25) is 0 Å². The molecule has 0 radical (unpaired) electrons. The van der Waals surface area contributed by atoms with Crippen LogP contribution >= 0.6 is 0 Å². The van der Waals surface area contributed by atoms with Gasteiger partial charge in [0.05, 0.1) is 26.4 Å². The minimum atomic E-state index is -0.630. The molecule has 92 valence electrons. The van der Waals surface area contributed by atoms with E-state index in [4.69, 9.17) is 19.7 Å². The molecule has 3 N–H and O–H groups in total. The summed E-state index contributed by atoms with van der Waals surface area (Å²) in [5.41, 5.74) is 0. The Bertz CT molecular complexity index is 120. The molecule has 1 unspecified atom stereocenters. The Balaban J connectivity index is 3.06. The summed E-state index contributed by atoms with van der Waals surface area (Å²) >= 11 is 0. The van der Waals surface area contributed by atoms with Crippen molar-refractivity contribution in [1.82, 2.24) is 0 Å². The minimum absolute atomic E-state index is 0.0330. The summed E-state index contributed by atoms with van der Waals surface area (Å²) in [5.74, 6) is 0. The summed E-state index contributed by atoms with van der Waals surface area (Å²) in [6, 6.07) is 0. The molecule has 0 heterocycles. The molecule has 0 saturated carbocycles. The van der Waals surface area contributed by atoms with Gasteiger partial charge in [-0.2, -0.15) is 0 Å². The first-order chi connectivity index (χ1) is 7.31. The molecule has 0 saturated heterocycles. The van der Waals surface area contributed by atoms with E-state index in [-0.39, 0.29) is 33.0 Å². The van der Waals surface area contributed by atoms with Gasteiger partial charge in [-0.3, -0.25) is 0 Å². The molecular formula is C10H22O5. The van der Waals surface area contributed by atoms with Crippen LogP contribution in [0.5, 0.6) is 0 Å². The molecule has 5 nitrogen and oxygen atoms in total. The average Bonchev–Trinajstić information content (AvgIpc) is 2.23. The number of unbranched alkanes of at least 4 members (excludes halogenated alkanes) is 2. The summed E-state index contributed by atoms with van der Waals surface area (Å²) in [4.78, 5) is 0. The van der Waals surface area contributed by atoms with Gasteiger partial charge in [0.15, 0.2) is 0 Å². The molecule has 0 aliphatic heterocycles. The third-order valence-electron chi connectivity index (χ3n) is 1.80. The van der Waals surface area contributed by atoms with E-state index in [1.165, 1.54) is 0 Å². The highest BCUT2D eigenvalue weighted by Crippen LogP contribution is 1.95. The maximum Gasteiger partial charge on any atom is 0.101 e. The first-order valence-corrected chi connectivity index (χ1v) is 5.36. The molecule has 0 aromatic rings. The molecule has 0 aliphatic carbocycles. The van der Waals surface area contributed by atoms with E-state index in [0.29, 0.717) is 6.61 Å². The van der Waals surface area contributed by atoms with Crippen LogP contribution in [0.15, 0.2) is 0 Å². The van der Waals surface area contributed by atoms with E-state index in [1.54, 1.807) is 0 Å². The van der Waals surface area contributed by atoms with Crippen molar-refractivity contribution < 1.29 is 24.8 Å². The van der Waals surface area contributed by atoms with Gasteiger partial charge in [-0.1, -0.05) is 0 Å². The largest absolute Gasteiger partial charge is 0.396 e. The molecule has 0 fully saturated rings. The Hall–Kier alpha value is -0.200. The summed E-state index contributed by atoms with van der Waals surface area (Å²) in [7, 11) is 0. The monoisotopic (exact) mass is 222 g/mol. The molecule has 0 aromatic carbocycles. The number of ether oxygens (including phenoxy) is 2. The second-order valence-electron chi connectivity index (χ2n) is 3.31. The zero-order valence-corrected chi connectivity index (χ0v) is 9.10. The minimum Gasteiger partial charge on any atom is -0.396 e. The number of hydrogen-bond donors (Lipinski definition) is 3. The Morgan fingerprint density at radius 2 is 1.47 bits per heavy atom. The molecule has 0 spiro atoms. The van der Waals surface area contributed by atoms with Crippen molar-refractivity contribution in [3.63, 3.8) is 0 Å². The first kappa shape index (κ1) is 14.8. The van der Waals surface area contributed by atoms with E-state index in [1.807, 2.05) is 0 Å². The lowest BCUT2D eigenvalue weighted by Gasteiger charge is -2.11. The molecular weight excluding hydrogens is 200 g/mol. The Morgan fingerprint density at radius 3 is 2.07 bits per heavy atom. The van der Waals surface area contributed by atoms with E-state index < -0.39 is 6.10 Å². The van der Waals surface area contributed by atoms with E-state index in [0.717, 1.165) is 19.3 Å². The van der Waals surface area contributed by atoms with Gasteiger partial charge in [-0.05, 0) is 19.3 Å². The molecule has 0 aromatic heterocycles. The summed E-state index contributed by atoms with van der Waals surface area (Å²) in [5, 5.41) is 26.2. The van der Waals surface area contributed by atoms with E-state index in [2.05, 4.69) is 0 Å². The number of rotatable bonds is 11. The maximum absolute atomic E-state index is 9.31. The van der Waals surface area contributed by atoms with Crippen LogP contribution in [-0.2, 0) is 9.47 Å². The Morgan fingerprint density at radius 1 is 0.800 bits per heavy atom.